The second-order valence-corrected chi connectivity index (χ2v) is 6.72. The Morgan fingerprint density at radius 1 is 1.13 bits per heavy atom. The number of para-hydroxylation sites is 2. The SMILES string of the molecule is C=CCOCCn1c(N2CCN(C)CC2)nc2ccccc21.O=C(O)/C=C/C(=O)O. The van der Waals surface area contributed by atoms with Gasteiger partial charge >= 0.3 is 11.9 Å². The lowest BCUT2D eigenvalue weighted by Crippen LogP contribution is -2.45. The van der Waals surface area contributed by atoms with Crippen molar-refractivity contribution in [2.45, 2.75) is 6.54 Å². The van der Waals surface area contributed by atoms with E-state index >= 15 is 0 Å². The number of ether oxygens (including phenoxy) is 1. The van der Waals surface area contributed by atoms with Gasteiger partial charge in [-0.3, -0.25) is 0 Å². The minimum atomic E-state index is -1.26. The molecule has 1 fully saturated rings. The van der Waals surface area contributed by atoms with E-state index in [1.54, 1.807) is 6.08 Å². The largest absolute Gasteiger partial charge is 0.478 e. The van der Waals surface area contributed by atoms with Gasteiger partial charge in [-0.05, 0) is 19.2 Å². The van der Waals surface area contributed by atoms with Gasteiger partial charge in [0.05, 0.1) is 24.2 Å². The van der Waals surface area contributed by atoms with Crippen molar-refractivity contribution in [3.8, 4) is 0 Å². The lowest BCUT2D eigenvalue weighted by atomic mass is 10.3. The first kappa shape index (κ1) is 23.1. The fourth-order valence-electron chi connectivity index (χ4n) is 3.00. The molecule has 0 saturated carbocycles. The van der Waals surface area contributed by atoms with Crippen LogP contribution in [0.4, 0.5) is 5.95 Å². The van der Waals surface area contributed by atoms with Crippen molar-refractivity contribution in [3.63, 3.8) is 0 Å². The minimum Gasteiger partial charge on any atom is -0.478 e. The van der Waals surface area contributed by atoms with Gasteiger partial charge in [0.1, 0.15) is 0 Å². The molecule has 0 amide bonds. The van der Waals surface area contributed by atoms with E-state index < -0.39 is 11.9 Å². The number of hydrogen-bond donors (Lipinski definition) is 2. The van der Waals surface area contributed by atoms with Crippen molar-refractivity contribution >= 4 is 28.9 Å². The Balaban J connectivity index is 0.000000343. The predicted molar refractivity (Wildman–Crippen MR) is 115 cm³/mol. The molecule has 1 aromatic heterocycles. The number of likely N-dealkylation sites (N-methyl/N-ethyl adjacent to an activating group) is 1. The van der Waals surface area contributed by atoms with Gasteiger partial charge in [-0.1, -0.05) is 18.2 Å². The molecule has 2 heterocycles. The average Bonchev–Trinajstić information content (AvgIpc) is 3.09. The van der Waals surface area contributed by atoms with E-state index in [0.717, 1.165) is 44.2 Å². The van der Waals surface area contributed by atoms with Crippen molar-refractivity contribution in [2.24, 2.45) is 0 Å². The summed E-state index contributed by atoms with van der Waals surface area (Å²) < 4.78 is 7.85. The number of rotatable bonds is 8. The van der Waals surface area contributed by atoms with E-state index in [1.165, 1.54) is 5.52 Å². The molecule has 0 unspecified atom stereocenters. The van der Waals surface area contributed by atoms with Crippen LogP contribution in [0.3, 0.4) is 0 Å². The van der Waals surface area contributed by atoms with Gasteiger partial charge in [-0.2, -0.15) is 0 Å². The molecule has 3 rings (SSSR count). The molecular weight excluding hydrogens is 388 g/mol. The summed E-state index contributed by atoms with van der Waals surface area (Å²) in [5.41, 5.74) is 2.23. The van der Waals surface area contributed by atoms with Crippen LogP contribution >= 0.6 is 0 Å². The number of carboxylic acid groups (broad SMARTS) is 2. The van der Waals surface area contributed by atoms with Crippen LogP contribution in [0.25, 0.3) is 11.0 Å². The number of anilines is 1. The topological polar surface area (TPSA) is 108 Å². The minimum absolute atomic E-state index is 0.558. The molecule has 0 radical (unpaired) electrons. The van der Waals surface area contributed by atoms with E-state index in [4.69, 9.17) is 19.9 Å². The zero-order valence-corrected chi connectivity index (χ0v) is 17.1. The third-order valence-electron chi connectivity index (χ3n) is 4.48. The van der Waals surface area contributed by atoms with Crippen LogP contribution in [0, 0.1) is 0 Å². The zero-order valence-electron chi connectivity index (χ0n) is 17.1. The lowest BCUT2D eigenvalue weighted by molar-refractivity contribution is -0.134. The molecule has 9 heteroatoms. The Morgan fingerprint density at radius 3 is 2.37 bits per heavy atom. The standard InChI is InChI=1S/C17H24N4O.C4H4O4/c1-3-13-22-14-12-21-16-7-5-4-6-15(16)18-17(21)20-10-8-19(2)9-11-20;5-3(6)1-2-4(7)8/h3-7H,1,8-14H2,2H3;1-2H,(H,5,6)(H,7,8)/b;2-1+. The molecule has 2 N–H and O–H groups in total. The van der Waals surface area contributed by atoms with Crippen LogP contribution in [0.5, 0.6) is 0 Å². The van der Waals surface area contributed by atoms with Gasteiger partial charge in [-0.15, -0.1) is 6.58 Å². The Morgan fingerprint density at radius 2 is 1.77 bits per heavy atom. The normalized spacial score (nSPS) is 14.5. The maximum Gasteiger partial charge on any atom is 0.328 e. The molecule has 1 aromatic carbocycles. The van der Waals surface area contributed by atoms with E-state index in [0.29, 0.717) is 25.4 Å². The molecule has 0 spiro atoms. The van der Waals surface area contributed by atoms with Gasteiger partial charge in [-0.25, -0.2) is 14.6 Å². The number of aliphatic carboxylic acids is 2. The fraction of sp³-hybridized carbons (Fsp3) is 0.381. The summed E-state index contributed by atoms with van der Waals surface area (Å²) in [5, 5.41) is 15.6. The summed E-state index contributed by atoms with van der Waals surface area (Å²) in [6.07, 6.45) is 2.90. The van der Waals surface area contributed by atoms with Crippen LogP contribution in [0.15, 0.2) is 49.1 Å². The third kappa shape index (κ3) is 7.02. The first-order valence-electron chi connectivity index (χ1n) is 9.63. The quantitative estimate of drug-likeness (QED) is 0.380. The van der Waals surface area contributed by atoms with Gasteiger partial charge < -0.3 is 29.3 Å². The Labute approximate surface area is 175 Å². The number of carbonyl (C=O) groups is 2. The van der Waals surface area contributed by atoms with E-state index in [9.17, 15) is 9.59 Å². The molecule has 30 heavy (non-hydrogen) atoms. The van der Waals surface area contributed by atoms with Crippen LogP contribution in [0.1, 0.15) is 0 Å². The summed E-state index contributed by atoms with van der Waals surface area (Å²) in [4.78, 5) is 28.7. The highest BCUT2D eigenvalue weighted by Crippen LogP contribution is 2.23. The van der Waals surface area contributed by atoms with Crippen molar-refractivity contribution in [3.05, 3.63) is 49.1 Å². The number of piperazine rings is 1. The molecule has 1 saturated heterocycles. The van der Waals surface area contributed by atoms with Gasteiger partial charge in [0.15, 0.2) is 0 Å². The number of hydrogen-bond acceptors (Lipinski definition) is 6. The molecular formula is C21H28N4O5. The second-order valence-electron chi connectivity index (χ2n) is 6.72. The van der Waals surface area contributed by atoms with Crippen LogP contribution in [0.2, 0.25) is 0 Å². The smallest absolute Gasteiger partial charge is 0.328 e. The highest BCUT2D eigenvalue weighted by atomic mass is 16.5. The zero-order chi connectivity index (χ0) is 21.9. The fourth-order valence-corrected chi connectivity index (χ4v) is 3.00. The van der Waals surface area contributed by atoms with Crippen molar-refractivity contribution in [1.29, 1.82) is 0 Å². The van der Waals surface area contributed by atoms with Crippen molar-refractivity contribution in [1.82, 2.24) is 14.5 Å². The first-order valence-corrected chi connectivity index (χ1v) is 9.63. The molecule has 1 aliphatic heterocycles. The second kappa shape index (κ2) is 11.7. The highest BCUT2D eigenvalue weighted by Gasteiger charge is 2.20. The lowest BCUT2D eigenvalue weighted by Gasteiger charge is -2.33. The average molecular weight is 416 g/mol. The summed E-state index contributed by atoms with van der Waals surface area (Å²) >= 11 is 0. The number of aromatic nitrogens is 2. The maximum absolute atomic E-state index is 9.55. The summed E-state index contributed by atoms with van der Waals surface area (Å²) in [6.45, 7) is 9.97. The molecule has 9 nitrogen and oxygen atoms in total. The summed E-state index contributed by atoms with van der Waals surface area (Å²) in [5.74, 6) is -1.45. The van der Waals surface area contributed by atoms with Crippen LogP contribution in [-0.2, 0) is 20.9 Å². The molecule has 162 valence electrons. The molecule has 0 atom stereocenters. The Kier molecular flexibility index (Phi) is 9.04. The maximum atomic E-state index is 9.55. The van der Waals surface area contributed by atoms with Crippen molar-refractivity contribution in [2.75, 3.05) is 51.3 Å². The van der Waals surface area contributed by atoms with Crippen LogP contribution < -0.4 is 4.90 Å². The third-order valence-corrected chi connectivity index (χ3v) is 4.48. The van der Waals surface area contributed by atoms with E-state index in [-0.39, 0.29) is 0 Å². The van der Waals surface area contributed by atoms with Gasteiger partial charge in [0.25, 0.3) is 0 Å². The molecule has 0 bridgehead atoms. The Hall–Kier alpha value is -3.17. The number of imidazole rings is 1. The van der Waals surface area contributed by atoms with Gasteiger partial charge in [0.2, 0.25) is 5.95 Å². The molecule has 0 aliphatic carbocycles. The van der Waals surface area contributed by atoms with Gasteiger partial charge in [0, 0.05) is 44.9 Å². The number of nitrogens with zero attached hydrogens (tertiary/aromatic N) is 4. The molecule has 1 aliphatic rings. The molecule has 2 aromatic rings. The Bertz CT molecular complexity index is 869. The highest BCUT2D eigenvalue weighted by molar-refractivity contribution is 5.89. The summed E-state index contributed by atoms with van der Waals surface area (Å²) in [6, 6.07) is 8.33. The van der Waals surface area contributed by atoms with E-state index in [1.807, 2.05) is 6.07 Å². The van der Waals surface area contributed by atoms with Crippen molar-refractivity contribution < 1.29 is 24.5 Å². The summed E-state index contributed by atoms with van der Waals surface area (Å²) in [7, 11) is 2.17. The first-order chi connectivity index (χ1) is 14.4. The number of carboxylic acids is 2. The number of fused-ring (bicyclic) bond motifs is 1. The monoisotopic (exact) mass is 416 g/mol. The predicted octanol–water partition coefficient (Wildman–Crippen LogP) is 1.70. The number of benzene rings is 1. The van der Waals surface area contributed by atoms with Crippen LogP contribution in [-0.4, -0.2) is 83.0 Å². The van der Waals surface area contributed by atoms with E-state index in [2.05, 4.69) is 46.2 Å².